The van der Waals surface area contributed by atoms with Crippen molar-refractivity contribution in [3.8, 4) is 0 Å². The van der Waals surface area contributed by atoms with Crippen molar-refractivity contribution in [2.45, 2.75) is 20.0 Å². The zero-order valence-electron chi connectivity index (χ0n) is 16.7. The highest BCUT2D eigenvalue weighted by molar-refractivity contribution is 7.26. The van der Waals surface area contributed by atoms with E-state index in [2.05, 4.69) is 49.4 Å². The number of thiophene rings is 1. The molecule has 0 aliphatic carbocycles. The van der Waals surface area contributed by atoms with Gasteiger partial charge in [-0.1, -0.05) is 35.9 Å². The molecule has 5 rings (SSSR count). The smallest absolute Gasteiger partial charge is 0.147 e. The summed E-state index contributed by atoms with van der Waals surface area (Å²) in [6.07, 6.45) is 3.30. The lowest BCUT2D eigenvalue weighted by Crippen LogP contribution is -2.35. The monoisotopic (exact) mass is 439 g/mol. The van der Waals surface area contributed by atoms with E-state index in [0.29, 0.717) is 11.6 Å². The number of fused-ring (bicyclic) bond motifs is 3. The molecule has 1 fully saturated rings. The van der Waals surface area contributed by atoms with Gasteiger partial charge in [0.05, 0.1) is 28.5 Å². The van der Waals surface area contributed by atoms with Crippen LogP contribution in [0, 0.1) is 6.92 Å². The molecule has 1 aliphatic rings. The van der Waals surface area contributed by atoms with Gasteiger partial charge in [-0.05, 0) is 23.6 Å². The number of morpholine rings is 1. The van der Waals surface area contributed by atoms with Crippen molar-refractivity contribution >= 4 is 49.2 Å². The van der Waals surface area contributed by atoms with Gasteiger partial charge in [0.2, 0.25) is 0 Å². The fraction of sp³-hybridized carbons (Fsp3) is 0.318. The molecule has 1 saturated heterocycles. The summed E-state index contributed by atoms with van der Waals surface area (Å²) in [7, 11) is 0. The second-order valence-electron chi connectivity index (χ2n) is 7.47. The largest absolute Gasteiger partial charge is 0.379 e. The van der Waals surface area contributed by atoms with Gasteiger partial charge in [0, 0.05) is 37.8 Å². The van der Waals surface area contributed by atoms with Crippen LogP contribution in [0.1, 0.15) is 16.7 Å². The van der Waals surface area contributed by atoms with Crippen molar-refractivity contribution in [1.29, 1.82) is 0 Å². The van der Waals surface area contributed by atoms with Crippen LogP contribution in [0.3, 0.4) is 0 Å². The number of halogens is 1. The summed E-state index contributed by atoms with van der Waals surface area (Å²) in [6, 6.07) is 8.77. The highest BCUT2D eigenvalue weighted by atomic mass is 35.5. The number of hydrogen-bond donors (Lipinski definition) is 1. The number of pyridine rings is 1. The van der Waals surface area contributed by atoms with E-state index < -0.39 is 0 Å². The Morgan fingerprint density at radius 1 is 1.10 bits per heavy atom. The number of nitrogens with one attached hydrogen (secondary N) is 1. The maximum Gasteiger partial charge on any atom is 0.147 e. The fourth-order valence-corrected chi connectivity index (χ4v) is 5.02. The molecule has 154 valence electrons. The Balaban J connectivity index is 1.33. The number of benzene rings is 1. The molecule has 0 saturated carbocycles. The highest BCUT2D eigenvalue weighted by Gasteiger charge is 2.15. The lowest BCUT2D eigenvalue weighted by atomic mass is 10.1. The molecule has 8 heteroatoms. The second kappa shape index (κ2) is 8.43. The molecule has 0 spiro atoms. The third-order valence-corrected chi connectivity index (χ3v) is 6.95. The Morgan fingerprint density at radius 2 is 1.87 bits per heavy atom. The number of ether oxygens (including phenoxy) is 1. The Morgan fingerprint density at radius 3 is 2.67 bits per heavy atom. The Labute approximate surface area is 183 Å². The van der Waals surface area contributed by atoms with Gasteiger partial charge in [0.25, 0.3) is 0 Å². The number of hydrogen-bond acceptors (Lipinski definition) is 7. The molecular weight excluding hydrogens is 418 g/mol. The van der Waals surface area contributed by atoms with E-state index in [1.807, 2.05) is 6.92 Å². The first kappa shape index (κ1) is 19.6. The minimum atomic E-state index is 0.660. The van der Waals surface area contributed by atoms with Gasteiger partial charge in [-0.2, -0.15) is 0 Å². The standard InChI is InChI=1S/C22H22ClN5OS/c1-14-17(23)11-25-22-18(14)19-20(30-22)21(27-13-26-19)24-10-15-2-4-16(5-3-15)12-28-6-8-29-9-7-28/h2-5,11,13H,6-10,12H2,1H3,(H,24,26,27). The summed E-state index contributed by atoms with van der Waals surface area (Å²) in [4.78, 5) is 16.8. The van der Waals surface area contributed by atoms with Crippen LogP contribution in [0.15, 0.2) is 36.8 Å². The molecule has 4 aromatic rings. The Bertz CT molecular complexity index is 1190. The van der Waals surface area contributed by atoms with Crippen molar-refractivity contribution in [2.24, 2.45) is 0 Å². The van der Waals surface area contributed by atoms with Crippen molar-refractivity contribution in [3.05, 3.63) is 58.5 Å². The molecule has 0 radical (unpaired) electrons. The van der Waals surface area contributed by atoms with Crippen molar-refractivity contribution in [2.75, 3.05) is 31.6 Å². The van der Waals surface area contributed by atoms with E-state index in [-0.39, 0.29) is 0 Å². The summed E-state index contributed by atoms with van der Waals surface area (Å²) in [5.74, 6) is 0.830. The van der Waals surface area contributed by atoms with Crippen LogP contribution < -0.4 is 5.32 Å². The van der Waals surface area contributed by atoms with E-state index in [9.17, 15) is 0 Å². The van der Waals surface area contributed by atoms with Gasteiger partial charge < -0.3 is 10.1 Å². The number of nitrogens with zero attached hydrogens (tertiary/aromatic N) is 4. The molecule has 1 aromatic carbocycles. The first-order valence-corrected chi connectivity index (χ1v) is 11.2. The van der Waals surface area contributed by atoms with Crippen LogP contribution in [-0.2, 0) is 17.8 Å². The van der Waals surface area contributed by atoms with Gasteiger partial charge in [-0.3, -0.25) is 4.90 Å². The maximum atomic E-state index is 6.27. The maximum absolute atomic E-state index is 6.27. The third kappa shape index (κ3) is 3.86. The molecular formula is C22H22ClN5OS. The Kier molecular flexibility index (Phi) is 5.52. The van der Waals surface area contributed by atoms with Crippen LogP contribution in [0.25, 0.3) is 20.4 Å². The summed E-state index contributed by atoms with van der Waals surface area (Å²) in [5, 5.41) is 5.15. The minimum absolute atomic E-state index is 0.660. The molecule has 0 atom stereocenters. The van der Waals surface area contributed by atoms with E-state index in [1.165, 1.54) is 11.1 Å². The van der Waals surface area contributed by atoms with Gasteiger partial charge in [0.1, 0.15) is 17.0 Å². The van der Waals surface area contributed by atoms with E-state index in [4.69, 9.17) is 16.3 Å². The summed E-state index contributed by atoms with van der Waals surface area (Å²) in [5.41, 5.74) is 4.45. The molecule has 1 N–H and O–H groups in total. The first-order chi connectivity index (χ1) is 14.7. The highest BCUT2D eigenvalue weighted by Crippen LogP contribution is 2.38. The molecule has 0 amide bonds. The second-order valence-corrected chi connectivity index (χ2v) is 8.88. The van der Waals surface area contributed by atoms with Crippen molar-refractivity contribution in [3.63, 3.8) is 0 Å². The number of aromatic nitrogens is 3. The molecule has 6 nitrogen and oxygen atoms in total. The SMILES string of the molecule is Cc1c(Cl)cnc2sc3c(NCc4ccc(CN5CCOCC5)cc4)ncnc3c12. The number of rotatable bonds is 5. The quantitative estimate of drug-likeness (QED) is 0.488. The third-order valence-electron chi connectivity index (χ3n) is 5.47. The normalized spacial score (nSPS) is 15.1. The molecule has 0 bridgehead atoms. The van der Waals surface area contributed by atoms with Crippen LogP contribution in [0.4, 0.5) is 5.82 Å². The molecule has 1 aliphatic heterocycles. The number of anilines is 1. The molecule has 4 heterocycles. The van der Waals surface area contributed by atoms with Gasteiger partial charge in [-0.25, -0.2) is 15.0 Å². The zero-order chi connectivity index (χ0) is 20.5. The lowest BCUT2D eigenvalue weighted by Gasteiger charge is -2.26. The van der Waals surface area contributed by atoms with Crippen LogP contribution in [0.5, 0.6) is 0 Å². The van der Waals surface area contributed by atoms with Crippen LogP contribution in [-0.4, -0.2) is 46.2 Å². The lowest BCUT2D eigenvalue weighted by molar-refractivity contribution is 0.0342. The van der Waals surface area contributed by atoms with Gasteiger partial charge in [0.15, 0.2) is 0 Å². The van der Waals surface area contributed by atoms with Gasteiger partial charge >= 0.3 is 0 Å². The predicted molar refractivity (Wildman–Crippen MR) is 122 cm³/mol. The average Bonchev–Trinajstić information content (AvgIpc) is 3.16. The van der Waals surface area contributed by atoms with Crippen LogP contribution in [0.2, 0.25) is 5.02 Å². The average molecular weight is 440 g/mol. The van der Waals surface area contributed by atoms with Gasteiger partial charge in [-0.15, -0.1) is 11.3 Å². The minimum Gasteiger partial charge on any atom is -0.379 e. The zero-order valence-corrected chi connectivity index (χ0v) is 18.3. The van der Waals surface area contributed by atoms with Crippen LogP contribution >= 0.6 is 22.9 Å². The first-order valence-electron chi connectivity index (χ1n) is 9.99. The van der Waals surface area contributed by atoms with Crippen molar-refractivity contribution < 1.29 is 4.74 Å². The molecule has 0 unspecified atom stereocenters. The van der Waals surface area contributed by atoms with Crippen molar-refractivity contribution in [1.82, 2.24) is 19.9 Å². The molecule has 30 heavy (non-hydrogen) atoms. The predicted octanol–water partition coefficient (Wildman–Crippen LogP) is 4.65. The fourth-order valence-electron chi connectivity index (χ4n) is 3.75. The van der Waals surface area contributed by atoms with E-state index in [1.54, 1.807) is 23.9 Å². The summed E-state index contributed by atoms with van der Waals surface area (Å²) < 4.78 is 6.43. The Hall–Kier alpha value is -2.32. The molecule has 3 aromatic heterocycles. The summed E-state index contributed by atoms with van der Waals surface area (Å²) >= 11 is 7.87. The number of aryl methyl sites for hydroxylation is 1. The topological polar surface area (TPSA) is 63.2 Å². The van der Waals surface area contributed by atoms with E-state index >= 15 is 0 Å². The van der Waals surface area contributed by atoms with E-state index in [0.717, 1.165) is 64.7 Å². The summed E-state index contributed by atoms with van der Waals surface area (Å²) in [6.45, 7) is 7.34.